The van der Waals surface area contributed by atoms with Gasteiger partial charge in [-0.05, 0) is 49.9 Å². The van der Waals surface area contributed by atoms with E-state index in [1.807, 2.05) is 0 Å². The minimum absolute atomic E-state index is 0. The summed E-state index contributed by atoms with van der Waals surface area (Å²) in [6.45, 7) is 0. The molecule has 20 heavy (non-hydrogen) atoms. The predicted octanol–water partition coefficient (Wildman–Crippen LogP) is 3.28. The van der Waals surface area contributed by atoms with E-state index in [1.165, 1.54) is 17.7 Å². The van der Waals surface area contributed by atoms with Crippen molar-refractivity contribution >= 4 is 40.5 Å². The van der Waals surface area contributed by atoms with Gasteiger partial charge in [0.05, 0.1) is 5.69 Å². The molecule has 0 aliphatic heterocycles. The fourth-order valence-corrected chi connectivity index (χ4v) is 3.25. The van der Waals surface area contributed by atoms with E-state index in [4.69, 9.17) is 5.73 Å². The molecule has 1 aromatic carbocycles. The lowest BCUT2D eigenvalue weighted by molar-refractivity contribution is 0.102. The molecule has 0 bridgehead atoms. The number of fused-ring (bicyclic) bond motifs is 1. The Kier molecular flexibility index (Phi) is 4.62. The molecule has 3 N–H and O–H groups in total. The Balaban J connectivity index is 0.00000147. The summed E-state index contributed by atoms with van der Waals surface area (Å²) in [6, 6.07) is 6.89. The van der Waals surface area contributed by atoms with E-state index in [2.05, 4.69) is 10.3 Å². The maximum Gasteiger partial charge on any atom is 0.257 e. The molecule has 0 atom stereocenters. The first-order valence-corrected chi connectivity index (χ1v) is 7.19. The van der Waals surface area contributed by atoms with Gasteiger partial charge in [0, 0.05) is 16.1 Å². The Labute approximate surface area is 127 Å². The van der Waals surface area contributed by atoms with Crippen molar-refractivity contribution in [2.75, 3.05) is 11.1 Å². The Bertz CT molecular complexity index is 586. The second kappa shape index (κ2) is 6.24. The molecule has 0 fully saturated rings. The fourth-order valence-electron chi connectivity index (χ4n) is 2.21. The number of benzene rings is 1. The van der Waals surface area contributed by atoms with Crippen molar-refractivity contribution in [3.8, 4) is 0 Å². The van der Waals surface area contributed by atoms with E-state index >= 15 is 0 Å². The number of nitrogen functional groups attached to an aromatic ring is 1. The smallest absolute Gasteiger partial charge is 0.257 e. The number of carbonyl (C=O) groups excluding carboxylic acids is 1. The molecule has 1 amide bonds. The molecule has 1 aliphatic rings. The Morgan fingerprint density at radius 1 is 1.20 bits per heavy atom. The van der Waals surface area contributed by atoms with E-state index < -0.39 is 0 Å². The van der Waals surface area contributed by atoms with Gasteiger partial charge in [-0.2, -0.15) is 0 Å². The van der Waals surface area contributed by atoms with Crippen molar-refractivity contribution in [2.24, 2.45) is 0 Å². The van der Waals surface area contributed by atoms with Crippen LogP contribution in [-0.2, 0) is 12.8 Å². The topological polar surface area (TPSA) is 68.0 Å². The summed E-state index contributed by atoms with van der Waals surface area (Å²) in [5.74, 6) is -0.133. The van der Waals surface area contributed by atoms with Gasteiger partial charge in [-0.1, -0.05) is 0 Å². The highest BCUT2D eigenvalue weighted by atomic mass is 35.5. The Morgan fingerprint density at radius 2 is 1.90 bits per heavy atom. The molecule has 1 aliphatic carbocycles. The second-order valence-electron chi connectivity index (χ2n) is 4.67. The zero-order valence-electron chi connectivity index (χ0n) is 10.9. The molecule has 6 heteroatoms. The summed E-state index contributed by atoms with van der Waals surface area (Å²) in [5, 5.41) is 3.57. The number of nitrogens with two attached hydrogens (primary N) is 1. The van der Waals surface area contributed by atoms with E-state index in [0.29, 0.717) is 16.4 Å². The molecule has 1 heterocycles. The van der Waals surface area contributed by atoms with Crippen LogP contribution in [0.1, 0.15) is 33.8 Å². The van der Waals surface area contributed by atoms with Gasteiger partial charge < -0.3 is 5.73 Å². The van der Waals surface area contributed by atoms with E-state index in [1.54, 1.807) is 35.6 Å². The summed E-state index contributed by atoms with van der Waals surface area (Å²) >= 11 is 1.59. The first-order chi connectivity index (χ1) is 9.22. The first-order valence-electron chi connectivity index (χ1n) is 6.38. The number of carbonyl (C=O) groups is 1. The number of thiazole rings is 1. The van der Waals surface area contributed by atoms with Crippen LogP contribution in [0.15, 0.2) is 24.3 Å². The Morgan fingerprint density at radius 3 is 2.60 bits per heavy atom. The summed E-state index contributed by atoms with van der Waals surface area (Å²) in [4.78, 5) is 17.9. The third kappa shape index (κ3) is 3.11. The second-order valence-corrected chi connectivity index (χ2v) is 5.76. The number of hydrogen-bond donors (Lipinski definition) is 2. The number of nitrogens with zero attached hydrogens (tertiary/aromatic N) is 1. The van der Waals surface area contributed by atoms with Crippen LogP contribution in [0.4, 0.5) is 10.8 Å². The van der Waals surface area contributed by atoms with Crippen molar-refractivity contribution < 1.29 is 4.79 Å². The number of rotatable bonds is 2. The van der Waals surface area contributed by atoms with Gasteiger partial charge in [-0.3, -0.25) is 10.1 Å². The third-order valence-corrected chi connectivity index (χ3v) is 4.31. The molecule has 4 nitrogen and oxygen atoms in total. The molecule has 0 unspecified atom stereocenters. The van der Waals surface area contributed by atoms with Crippen molar-refractivity contribution in [1.29, 1.82) is 0 Å². The maximum absolute atomic E-state index is 12.1. The summed E-state index contributed by atoms with van der Waals surface area (Å²) in [6.07, 6.45) is 4.54. The lowest BCUT2D eigenvalue weighted by Crippen LogP contribution is -2.11. The zero-order valence-corrected chi connectivity index (χ0v) is 12.5. The molecule has 0 saturated carbocycles. The number of aryl methyl sites for hydroxylation is 2. The Hall–Kier alpha value is -1.59. The lowest BCUT2D eigenvalue weighted by Gasteiger charge is -2.06. The monoisotopic (exact) mass is 309 g/mol. The van der Waals surface area contributed by atoms with Crippen LogP contribution in [0.3, 0.4) is 0 Å². The molecule has 0 saturated heterocycles. The lowest BCUT2D eigenvalue weighted by atomic mass is 10.0. The van der Waals surface area contributed by atoms with Crippen LogP contribution < -0.4 is 11.1 Å². The van der Waals surface area contributed by atoms with E-state index in [-0.39, 0.29) is 18.3 Å². The van der Waals surface area contributed by atoms with E-state index in [0.717, 1.165) is 18.5 Å². The molecule has 0 spiro atoms. The number of anilines is 2. The molecule has 0 radical (unpaired) electrons. The van der Waals surface area contributed by atoms with Gasteiger partial charge in [0.1, 0.15) is 0 Å². The highest BCUT2D eigenvalue weighted by Crippen LogP contribution is 2.29. The quantitative estimate of drug-likeness (QED) is 0.837. The maximum atomic E-state index is 12.1. The number of nitrogens with one attached hydrogen (secondary N) is 1. The third-order valence-electron chi connectivity index (χ3n) is 3.24. The molecule has 3 rings (SSSR count). The van der Waals surface area contributed by atoms with Gasteiger partial charge in [0.25, 0.3) is 5.91 Å². The molecule has 106 valence electrons. The summed E-state index contributed by atoms with van der Waals surface area (Å²) in [7, 11) is 0. The van der Waals surface area contributed by atoms with Crippen LogP contribution in [0, 0.1) is 0 Å². The molecule has 2 aromatic rings. The standard InChI is InChI=1S/C14H15N3OS.ClH/c15-10-7-5-9(6-8-10)13(18)17-14-16-11-3-1-2-4-12(11)19-14;/h5-8H,1-4,15H2,(H,16,17,18);1H. The average molecular weight is 310 g/mol. The van der Waals surface area contributed by atoms with Gasteiger partial charge in [-0.15, -0.1) is 23.7 Å². The number of halogens is 1. The molecular formula is C14H16ClN3OS. The van der Waals surface area contributed by atoms with Gasteiger partial charge in [0.15, 0.2) is 5.13 Å². The fraction of sp³-hybridized carbons (Fsp3) is 0.286. The normalized spacial score (nSPS) is 13.2. The van der Waals surface area contributed by atoms with Crippen LogP contribution >= 0.6 is 23.7 Å². The van der Waals surface area contributed by atoms with Crippen molar-refractivity contribution in [3.63, 3.8) is 0 Å². The number of aromatic nitrogens is 1. The van der Waals surface area contributed by atoms with Gasteiger partial charge in [-0.25, -0.2) is 4.98 Å². The van der Waals surface area contributed by atoms with Gasteiger partial charge in [0.2, 0.25) is 0 Å². The van der Waals surface area contributed by atoms with Crippen LogP contribution in [0.2, 0.25) is 0 Å². The number of amides is 1. The highest BCUT2D eigenvalue weighted by Gasteiger charge is 2.16. The summed E-state index contributed by atoms with van der Waals surface area (Å²) < 4.78 is 0. The molecule has 1 aromatic heterocycles. The first kappa shape index (κ1) is 14.8. The molecular weight excluding hydrogens is 294 g/mol. The SMILES string of the molecule is Cl.Nc1ccc(C(=O)Nc2nc3c(s2)CCCC3)cc1. The number of hydrogen-bond acceptors (Lipinski definition) is 4. The van der Waals surface area contributed by atoms with Crippen LogP contribution in [0.25, 0.3) is 0 Å². The average Bonchev–Trinajstić information content (AvgIpc) is 2.81. The minimum atomic E-state index is -0.133. The van der Waals surface area contributed by atoms with Crippen LogP contribution in [-0.4, -0.2) is 10.9 Å². The van der Waals surface area contributed by atoms with Crippen LogP contribution in [0.5, 0.6) is 0 Å². The van der Waals surface area contributed by atoms with E-state index in [9.17, 15) is 4.79 Å². The largest absolute Gasteiger partial charge is 0.399 e. The minimum Gasteiger partial charge on any atom is -0.399 e. The van der Waals surface area contributed by atoms with Crippen molar-refractivity contribution in [1.82, 2.24) is 4.98 Å². The summed E-state index contributed by atoms with van der Waals surface area (Å²) in [5.41, 5.74) is 8.01. The van der Waals surface area contributed by atoms with Gasteiger partial charge >= 0.3 is 0 Å². The van der Waals surface area contributed by atoms with Crippen molar-refractivity contribution in [2.45, 2.75) is 25.7 Å². The predicted molar refractivity (Wildman–Crippen MR) is 84.8 cm³/mol. The van der Waals surface area contributed by atoms with Crippen molar-refractivity contribution in [3.05, 3.63) is 40.4 Å². The zero-order chi connectivity index (χ0) is 13.2. The highest BCUT2D eigenvalue weighted by molar-refractivity contribution is 7.15.